The molecule has 1 heterocycles. The van der Waals surface area contributed by atoms with Crippen molar-refractivity contribution in [3.63, 3.8) is 0 Å². The number of carbonyl (C=O) groups excluding carboxylic acids is 1. The van der Waals surface area contributed by atoms with Crippen molar-refractivity contribution in [3.8, 4) is 0 Å². The zero-order valence-electron chi connectivity index (χ0n) is 8.13. The van der Waals surface area contributed by atoms with Crippen LogP contribution in [0.3, 0.4) is 0 Å². The maximum atomic E-state index is 11.6. The summed E-state index contributed by atoms with van der Waals surface area (Å²) in [6.07, 6.45) is 3.16. The average Bonchev–Trinajstić information content (AvgIpc) is 2.17. The van der Waals surface area contributed by atoms with Crippen molar-refractivity contribution in [3.05, 3.63) is 40.1 Å². The Balaban J connectivity index is 2.87. The lowest BCUT2D eigenvalue weighted by molar-refractivity contribution is 0.0942. The maximum Gasteiger partial charge on any atom is 0.271 e. The fraction of sp³-hybridized carbons (Fsp3) is 0.200. The number of rotatable bonds is 3. The number of pyridine rings is 1. The van der Waals surface area contributed by atoms with Gasteiger partial charge in [-0.3, -0.25) is 4.79 Å². The van der Waals surface area contributed by atoms with Crippen LogP contribution in [0.1, 0.15) is 17.4 Å². The molecule has 0 bridgehead atoms. The SMILES string of the molecule is C=C[C@H](C)NC(=O)c1ncc(Br)cc1Cl. The molecular formula is C10H10BrClN2O. The molecule has 0 saturated heterocycles. The number of carbonyl (C=O) groups is 1. The van der Waals surface area contributed by atoms with Crippen LogP contribution in [0.5, 0.6) is 0 Å². The molecule has 1 N–H and O–H groups in total. The molecule has 0 radical (unpaired) electrons. The van der Waals surface area contributed by atoms with E-state index in [0.29, 0.717) is 5.02 Å². The zero-order chi connectivity index (χ0) is 11.4. The van der Waals surface area contributed by atoms with Gasteiger partial charge in [0, 0.05) is 16.7 Å². The third kappa shape index (κ3) is 3.32. The second-order valence-corrected chi connectivity index (χ2v) is 4.30. The van der Waals surface area contributed by atoms with Crippen LogP contribution in [-0.2, 0) is 0 Å². The van der Waals surface area contributed by atoms with E-state index in [9.17, 15) is 4.79 Å². The fourth-order valence-corrected chi connectivity index (χ4v) is 1.63. The normalized spacial score (nSPS) is 11.9. The minimum Gasteiger partial charge on any atom is -0.345 e. The highest BCUT2D eigenvalue weighted by Gasteiger charge is 2.13. The largest absolute Gasteiger partial charge is 0.345 e. The van der Waals surface area contributed by atoms with Crippen LogP contribution >= 0.6 is 27.5 Å². The zero-order valence-corrected chi connectivity index (χ0v) is 10.5. The van der Waals surface area contributed by atoms with E-state index in [2.05, 4.69) is 32.8 Å². The second kappa shape index (κ2) is 5.28. The average molecular weight is 290 g/mol. The summed E-state index contributed by atoms with van der Waals surface area (Å²) in [4.78, 5) is 15.6. The monoisotopic (exact) mass is 288 g/mol. The molecular weight excluding hydrogens is 279 g/mol. The Morgan fingerprint density at radius 2 is 2.47 bits per heavy atom. The van der Waals surface area contributed by atoms with Crippen molar-refractivity contribution in [2.75, 3.05) is 0 Å². The number of nitrogens with one attached hydrogen (secondary N) is 1. The van der Waals surface area contributed by atoms with Gasteiger partial charge in [0.25, 0.3) is 5.91 Å². The van der Waals surface area contributed by atoms with Gasteiger partial charge in [-0.2, -0.15) is 0 Å². The quantitative estimate of drug-likeness (QED) is 0.870. The van der Waals surface area contributed by atoms with E-state index in [4.69, 9.17) is 11.6 Å². The summed E-state index contributed by atoms with van der Waals surface area (Å²) in [5.74, 6) is -0.306. The van der Waals surface area contributed by atoms with Crippen LogP contribution < -0.4 is 5.32 Å². The summed E-state index contributed by atoms with van der Waals surface area (Å²) in [6, 6.07) is 1.52. The number of hydrogen-bond acceptors (Lipinski definition) is 2. The van der Waals surface area contributed by atoms with Crippen LogP contribution in [0.25, 0.3) is 0 Å². The molecule has 80 valence electrons. The Bertz CT molecular complexity index is 395. The van der Waals surface area contributed by atoms with E-state index in [1.54, 1.807) is 12.1 Å². The van der Waals surface area contributed by atoms with Gasteiger partial charge in [0.2, 0.25) is 0 Å². The first-order valence-electron chi connectivity index (χ1n) is 4.29. The molecule has 0 aliphatic rings. The third-order valence-electron chi connectivity index (χ3n) is 1.74. The number of amides is 1. The smallest absolute Gasteiger partial charge is 0.271 e. The minimum atomic E-state index is -0.306. The number of nitrogens with zero attached hydrogens (tertiary/aromatic N) is 1. The predicted octanol–water partition coefficient (Wildman–Crippen LogP) is 2.80. The second-order valence-electron chi connectivity index (χ2n) is 2.98. The van der Waals surface area contributed by atoms with Gasteiger partial charge in [0.1, 0.15) is 5.69 Å². The number of aromatic nitrogens is 1. The summed E-state index contributed by atoms with van der Waals surface area (Å²) < 4.78 is 0.737. The lowest BCUT2D eigenvalue weighted by Crippen LogP contribution is -2.31. The van der Waals surface area contributed by atoms with Gasteiger partial charge in [0.05, 0.1) is 5.02 Å². The highest BCUT2D eigenvalue weighted by Crippen LogP contribution is 2.18. The van der Waals surface area contributed by atoms with E-state index in [0.717, 1.165) is 4.47 Å². The molecule has 1 aromatic heterocycles. The molecule has 0 aliphatic carbocycles. The Kier molecular flexibility index (Phi) is 4.29. The molecule has 1 rings (SSSR count). The van der Waals surface area contributed by atoms with E-state index in [1.165, 1.54) is 6.20 Å². The van der Waals surface area contributed by atoms with E-state index in [-0.39, 0.29) is 17.6 Å². The summed E-state index contributed by atoms with van der Waals surface area (Å²) >= 11 is 9.09. The van der Waals surface area contributed by atoms with Gasteiger partial charge in [-0.25, -0.2) is 4.98 Å². The fourth-order valence-electron chi connectivity index (χ4n) is 0.916. The molecule has 1 aromatic rings. The number of halogens is 2. The Morgan fingerprint density at radius 3 is 3.00 bits per heavy atom. The first kappa shape index (κ1) is 12.2. The van der Waals surface area contributed by atoms with Gasteiger partial charge in [-0.05, 0) is 28.9 Å². The molecule has 1 atom stereocenters. The minimum absolute atomic E-state index is 0.112. The van der Waals surface area contributed by atoms with Crippen molar-refractivity contribution >= 4 is 33.4 Å². The molecule has 0 aromatic carbocycles. The van der Waals surface area contributed by atoms with E-state index < -0.39 is 0 Å². The van der Waals surface area contributed by atoms with Crippen LogP contribution in [0.4, 0.5) is 0 Å². The predicted molar refractivity (Wildman–Crippen MR) is 64.1 cm³/mol. The Hall–Kier alpha value is -0.870. The van der Waals surface area contributed by atoms with E-state index >= 15 is 0 Å². The van der Waals surface area contributed by atoms with Crippen molar-refractivity contribution < 1.29 is 4.79 Å². The molecule has 5 heteroatoms. The van der Waals surface area contributed by atoms with Gasteiger partial charge < -0.3 is 5.32 Å². The molecule has 1 amide bonds. The molecule has 0 spiro atoms. The molecule has 0 saturated carbocycles. The van der Waals surface area contributed by atoms with Crippen molar-refractivity contribution in [2.24, 2.45) is 0 Å². The van der Waals surface area contributed by atoms with Crippen molar-refractivity contribution in [1.82, 2.24) is 10.3 Å². The first-order valence-corrected chi connectivity index (χ1v) is 5.46. The first-order chi connectivity index (χ1) is 7.04. The molecule has 3 nitrogen and oxygen atoms in total. The van der Waals surface area contributed by atoms with Crippen LogP contribution in [-0.4, -0.2) is 16.9 Å². The van der Waals surface area contributed by atoms with Crippen molar-refractivity contribution in [1.29, 1.82) is 0 Å². The topological polar surface area (TPSA) is 42.0 Å². The van der Waals surface area contributed by atoms with Crippen molar-refractivity contribution in [2.45, 2.75) is 13.0 Å². The van der Waals surface area contributed by atoms with Crippen LogP contribution in [0.15, 0.2) is 29.4 Å². The van der Waals surface area contributed by atoms with Gasteiger partial charge in [0.15, 0.2) is 0 Å². The van der Waals surface area contributed by atoms with Gasteiger partial charge in [-0.15, -0.1) is 6.58 Å². The highest BCUT2D eigenvalue weighted by atomic mass is 79.9. The number of hydrogen-bond donors (Lipinski definition) is 1. The molecule has 0 aliphatic heterocycles. The van der Waals surface area contributed by atoms with Gasteiger partial charge in [-0.1, -0.05) is 17.7 Å². The Labute approximate surface area is 102 Å². The highest BCUT2D eigenvalue weighted by molar-refractivity contribution is 9.10. The Morgan fingerprint density at radius 1 is 1.80 bits per heavy atom. The summed E-state index contributed by atoms with van der Waals surface area (Å²) in [5, 5.41) is 3.00. The van der Waals surface area contributed by atoms with Crippen LogP contribution in [0.2, 0.25) is 5.02 Å². The standard InChI is InChI=1S/C10H10BrClN2O/c1-3-6(2)14-10(15)9-8(12)4-7(11)5-13-9/h3-6H,1H2,2H3,(H,14,15)/t6-/m0/s1. The van der Waals surface area contributed by atoms with Gasteiger partial charge >= 0.3 is 0 Å². The van der Waals surface area contributed by atoms with Crippen LogP contribution in [0, 0.1) is 0 Å². The lowest BCUT2D eigenvalue weighted by Gasteiger charge is -2.09. The lowest BCUT2D eigenvalue weighted by atomic mass is 10.3. The molecule has 0 unspecified atom stereocenters. The summed E-state index contributed by atoms with van der Waals surface area (Å²) in [7, 11) is 0. The maximum absolute atomic E-state index is 11.6. The summed E-state index contributed by atoms with van der Waals surface area (Å²) in [5.41, 5.74) is 0.216. The third-order valence-corrected chi connectivity index (χ3v) is 2.46. The van der Waals surface area contributed by atoms with E-state index in [1.807, 2.05) is 6.92 Å². The molecule has 15 heavy (non-hydrogen) atoms. The molecule has 0 fully saturated rings. The summed E-state index contributed by atoms with van der Waals surface area (Å²) in [6.45, 7) is 5.39.